The van der Waals surface area contributed by atoms with E-state index in [0.29, 0.717) is 17.0 Å². The summed E-state index contributed by atoms with van der Waals surface area (Å²) in [6.45, 7) is 10.4. The van der Waals surface area contributed by atoms with Crippen LogP contribution in [-0.2, 0) is 24.2 Å². The minimum atomic E-state index is -5.08. The van der Waals surface area contributed by atoms with E-state index in [1.54, 1.807) is 43.0 Å². The van der Waals surface area contributed by atoms with Crippen molar-refractivity contribution in [2.24, 2.45) is 11.3 Å². The van der Waals surface area contributed by atoms with Gasteiger partial charge in [-0.2, -0.15) is 0 Å². The number of piperidine rings is 1. The van der Waals surface area contributed by atoms with Crippen LogP contribution in [0.4, 0.5) is 9.59 Å². The zero-order valence-corrected chi connectivity index (χ0v) is 24.0. The number of ether oxygens (including phenoxy) is 1. The number of nitrogens with one attached hydrogen (secondary N) is 2. The molecule has 5 N–H and O–H groups in total. The first-order chi connectivity index (χ1) is 17.3. The Morgan fingerprint density at radius 2 is 1.76 bits per heavy atom. The van der Waals surface area contributed by atoms with Crippen molar-refractivity contribution < 1.29 is 43.1 Å². The molecule has 1 heterocycles. The average Bonchev–Trinajstić information content (AvgIpc) is 2.76. The Bertz CT molecular complexity index is 1070. The van der Waals surface area contributed by atoms with Gasteiger partial charge in [-0.1, -0.05) is 51.4 Å². The van der Waals surface area contributed by atoms with Gasteiger partial charge in [0.25, 0.3) is 0 Å². The monoisotopic (exact) mass is 577 g/mol. The highest BCUT2D eigenvalue weighted by atomic mass is 35.5. The van der Waals surface area contributed by atoms with Crippen LogP contribution in [0.25, 0.3) is 0 Å². The molecule has 214 valence electrons. The van der Waals surface area contributed by atoms with Gasteiger partial charge in [-0.05, 0) is 43.9 Å². The molecule has 0 aliphatic carbocycles. The van der Waals surface area contributed by atoms with E-state index in [2.05, 4.69) is 15.2 Å². The average molecular weight is 578 g/mol. The molecule has 1 aromatic rings. The topological polar surface area (TPSA) is 175 Å². The first-order valence-electron chi connectivity index (χ1n) is 12.1. The van der Waals surface area contributed by atoms with Gasteiger partial charge in [-0.15, -0.1) is 0 Å². The second-order valence-electron chi connectivity index (χ2n) is 11.0. The number of nitrogens with zero attached hydrogens (tertiary/aromatic N) is 1. The van der Waals surface area contributed by atoms with Crippen LogP contribution in [0.2, 0.25) is 5.02 Å². The Morgan fingerprint density at radius 3 is 2.26 bits per heavy atom. The summed E-state index contributed by atoms with van der Waals surface area (Å²) in [5.74, 6) is -0.571. The molecule has 1 fully saturated rings. The van der Waals surface area contributed by atoms with Gasteiger partial charge < -0.3 is 29.9 Å². The van der Waals surface area contributed by atoms with Crippen LogP contribution in [-0.4, -0.2) is 69.2 Å². The number of aliphatic hydroxyl groups is 1. The summed E-state index contributed by atoms with van der Waals surface area (Å²) in [5.41, 5.74) is -2.55. The molecule has 0 spiro atoms. The molecule has 1 aliphatic rings. The van der Waals surface area contributed by atoms with Gasteiger partial charge in [0, 0.05) is 23.5 Å². The predicted molar refractivity (Wildman–Crippen MR) is 139 cm³/mol. The molecule has 3 amide bonds. The first kappa shape index (κ1) is 31.8. The normalized spacial score (nSPS) is 20.4. The van der Waals surface area contributed by atoms with Crippen molar-refractivity contribution in [3.8, 4) is 0 Å². The number of phosphoric acid groups is 1. The molecule has 0 aromatic heterocycles. The third kappa shape index (κ3) is 8.31. The molecule has 0 radical (unpaired) electrons. The number of rotatable bonds is 8. The van der Waals surface area contributed by atoms with E-state index < -0.39 is 42.7 Å². The minimum Gasteiger partial charge on any atom is -0.426 e. The molecule has 2 atom stereocenters. The number of halogens is 1. The highest BCUT2D eigenvalue weighted by Crippen LogP contribution is 2.46. The molecule has 14 heteroatoms. The lowest BCUT2D eigenvalue weighted by Gasteiger charge is -2.51. The quantitative estimate of drug-likeness (QED) is 0.229. The second kappa shape index (κ2) is 11.8. The molecular weight excluding hydrogens is 541 g/mol. The lowest BCUT2D eigenvalue weighted by molar-refractivity contribution is -0.155. The summed E-state index contributed by atoms with van der Waals surface area (Å²) < 4.78 is 19.5. The molecule has 0 saturated carbocycles. The van der Waals surface area contributed by atoms with Crippen molar-refractivity contribution in [2.75, 3.05) is 19.6 Å². The third-order valence-corrected chi connectivity index (χ3v) is 7.17. The zero-order chi connectivity index (χ0) is 29.1. The van der Waals surface area contributed by atoms with Crippen molar-refractivity contribution in [1.29, 1.82) is 0 Å². The highest BCUT2D eigenvalue weighted by molar-refractivity contribution is 7.46. The summed E-state index contributed by atoms with van der Waals surface area (Å²) >= 11 is 6.00. The van der Waals surface area contributed by atoms with Gasteiger partial charge in [0.05, 0.1) is 12.1 Å². The van der Waals surface area contributed by atoms with Crippen LogP contribution in [0.3, 0.4) is 0 Å². The Kier molecular flexibility index (Phi) is 9.88. The Balaban J connectivity index is 2.03. The van der Waals surface area contributed by atoms with Gasteiger partial charge in [0.2, 0.25) is 5.91 Å². The van der Waals surface area contributed by atoms with Gasteiger partial charge in [-0.25, -0.2) is 14.2 Å². The summed E-state index contributed by atoms with van der Waals surface area (Å²) in [6, 6.07) is 5.41. The van der Waals surface area contributed by atoms with Crippen molar-refractivity contribution in [2.45, 2.75) is 65.2 Å². The van der Waals surface area contributed by atoms with Gasteiger partial charge in [0.15, 0.2) is 0 Å². The molecule has 38 heavy (non-hydrogen) atoms. The van der Waals surface area contributed by atoms with Crippen molar-refractivity contribution >= 4 is 37.5 Å². The molecular formula is C24H37ClN3O9P. The largest absolute Gasteiger partial charge is 0.529 e. The van der Waals surface area contributed by atoms with E-state index in [0.717, 1.165) is 0 Å². The Morgan fingerprint density at radius 1 is 1.18 bits per heavy atom. The number of likely N-dealkylation sites (tertiary alicyclic amines) is 1. The molecule has 1 aromatic carbocycles. The van der Waals surface area contributed by atoms with E-state index in [1.165, 1.54) is 13.8 Å². The minimum absolute atomic E-state index is 0.237. The number of carbonyl (C=O) groups is 3. The lowest BCUT2D eigenvalue weighted by atomic mass is 9.66. The van der Waals surface area contributed by atoms with E-state index in [1.807, 2.05) is 13.8 Å². The molecule has 2 rings (SSSR count). The summed E-state index contributed by atoms with van der Waals surface area (Å²) in [7, 11) is -5.08. The number of phosphoric ester groups is 1. The first-order valence-corrected chi connectivity index (χ1v) is 14.0. The summed E-state index contributed by atoms with van der Waals surface area (Å²) in [5, 5.41) is 17.3. The fraction of sp³-hybridized carbons (Fsp3) is 0.625. The maximum Gasteiger partial charge on any atom is 0.529 e. The smallest absolute Gasteiger partial charge is 0.426 e. The Hall–Kier alpha value is -2.37. The van der Waals surface area contributed by atoms with E-state index in [-0.39, 0.29) is 31.5 Å². The SMILES string of the molecule is CC(C)[C@@H](NC(=O)NCC(C)(C)OC(=O)OP(=O)(O)O)C(=O)N1CC[C@](O)(c2ccc(Cl)cc2)C(C)(C)C1. The van der Waals surface area contributed by atoms with E-state index in [9.17, 15) is 24.1 Å². The lowest BCUT2D eigenvalue weighted by Crippen LogP contribution is -2.61. The number of carbonyl (C=O) groups excluding carboxylic acids is 3. The summed E-state index contributed by atoms with van der Waals surface area (Å²) in [6.07, 6.45) is -1.30. The van der Waals surface area contributed by atoms with Crippen LogP contribution < -0.4 is 10.6 Å². The van der Waals surface area contributed by atoms with Crippen LogP contribution in [0, 0.1) is 11.3 Å². The third-order valence-electron chi connectivity index (χ3n) is 6.53. The number of amides is 3. The second-order valence-corrected chi connectivity index (χ2v) is 12.6. The van der Waals surface area contributed by atoms with E-state index >= 15 is 0 Å². The number of hydrogen-bond donors (Lipinski definition) is 5. The van der Waals surface area contributed by atoms with Crippen molar-refractivity contribution in [3.63, 3.8) is 0 Å². The van der Waals surface area contributed by atoms with Crippen LogP contribution in [0.5, 0.6) is 0 Å². The molecule has 1 saturated heterocycles. The Labute approximate surface area is 227 Å². The predicted octanol–water partition coefficient (Wildman–Crippen LogP) is 3.13. The van der Waals surface area contributed by atoms with Crippen molar-refractivity contribution in [3.05, 3.63) is 34.9 Å². The maximum absolute atomic E-state index is 13.5. The summed E-state index contributed by atoms with van der Waals surface area (Å²) in [4.78, 5) is 56.6. The zero-order valence-electron chi connectivity index (χ0n) is 22.4. The van der Waals surface area contributed by atoms with Crippen LogP contribution in [0.1, 0.15) is 53.5 Å². The molecule has 0 unspecified atom stereocenters. The van der Waals surface area contributed by atoms with Gasteiger partial charge >= 0.3 is 20.0 Å². The molecule has 0 bridgehead atoms. The number of hydrogen-bond acceptors (Lipinski definition) is 7. The van der Waals surface area contributed by atoms with Gasteiger partial charge in [0.1, 0.15) is 11.6 Å². The van der Waals surface area contributed by atoms with Crippen LogP contribution >= 0.6 is 19.4 Å². The standard InChI is InChI=1S/C24H37ClN3O9P/c1-15(2)18(27-20(30)26-13-23(5,6)36-21(31)37-38(33,34)35)19(29)28-12-11-24(32,22(3,4)14-28)16-7-9-17(25)10-8-16/h7-10,15,18,32H,11-14H2,1-6H3,(H2,26,27,30)(H2,33,34,35)/t18-,24+/m1/s1. The van der Waals surface area contributed by atoms with E-state index in [4.69, 9.17) is 26.1 Å². The number of urea groups is 1. The van der Waals surface area contributed by atoms with Crippen LogP contribution in [0.15, 0.2) is 24.3 Å². The van der Waals surface area contributed by atoms with Crippen molar-refractivity contribution in [1.82, 2.24) is 15.5 Å². The molecule has 12 nitrogen and oxygen atoms in total. The highest BCUT2D eigenvalue weighted by Gasteiger charge is 2.50. The fourth-order valence-corrected chi connectivity index (χ4v) is 4.70. The molecule has 1 aliphatic heterocycles. The van der Waals surface area contributed by atoms with Gasteiger partial charge in [-0.3, -0.25) is 14.6 Å². The fourth-order valence-electron chi connectivity index (χ4n) is 4.34. The maximum atomic E-state index is 13.5. The number of benzene rings is 1.